The molecule has 0 unspecified atom stereocenters. The average molecular weight is 350 g/mol. The van der Waals surface area contributed by atoms with Gasteiger partial charge in [0.05, 0.1) is 6.61 Å². The van der Waals surface area contributed by atoms with Gasteiger partial charge in [-0.1, -0.05) is 59.1 Å². The molecular weight excluding hydrogens is 316 g/mol. The van der Waals surface area contributed by atoms with Crippen molar-refractivity contribution >= 4 is 5.97 Å². The number of hydrogen-bond donors (Lipinski definition) is 2. The van der Waals surface area contributed by atoms with Gasteiger partial charge in [0.2, 0.25) is 0 Å². The third-order valence-corrected chi connectivity index (χ3v) is 4.74. The lowest BCUT2D eigenvalue weighted by atomic mass is 9.77. The van der Waals surface area contributed by atoms with Gasteiger partial charge in [0.15, 0.2) is 0 Å². The molecule has 0 bridgehead atoms. The van der Waals surface area contributed by atoms with E-state index in [9.17, 15) is 9.90 Å². The minimum absolute atomic E-state index is 0.0460. The van der Waals surface area contributed by atoms with E-state index in [4.69, 9.17) is 9.84 Å². The summed E-state index contributed by atoms with van der Waals surface area (Å²) in [6.45, 7) is 8.47. The van der Waals surface area contributed by atoms with Gasteiger partial charge < -0.3 is 14.9 Å². The number of carbonyl (C=O) groups excluding carboxylic acids is 1. The van der Waals surface area contributed by atoms with Crippen LogP contribution < -0.4 is 0 Å². The molecule has 2 N–H and O–H groups in total. The first-order valence-corrected chi connectivity index (χ1v) is 9.47. The van der Waals surface area contributed by atoms with E-state index in [2.05, 4.69) is 20.8 Å². The Morgan fingerprint density at radius 3 is 2.52 bits per heavy atom. The molecule has 25 heavy (non-hydrogen) atoms. The minimum Gasteiger partial charge on any atom is -0.507 e. The average Bonchev–Trinajstić information content (AvgIpc) is 2.58. The molecule has 0 spiro atoms. The molecule has 0 aliphatic rings. The topological polar surface area (TPSA) is 66.8 Å². The molecule has 4 heteroatoms. The van der Waals surface area contributed by atoms with E-state index in [1.165, 1.54) is 12.8 Å². The molecule has 0 amide bonds. The highest BCUT2D eigenvalue weighted by molar-refractivity contribution is 5.69. The molecule has 0 radical (unpaired) electrons. The summed E-state index contributed by atoms with van der Waals surface area (Å²) >= 11 is 0. The molecule has 1 aromatic carbocycles. The first-order valence-electron chi connectivity index (χ1n) is 9.47. The minimum atomic E-state index is -0.302. The number of hydrogen-bond acceptors (Lipinski definition) is 4. The number of unbranched alkanes of at least 4 members (excludes halogenated alkanes) is 2. The number of ether oxygens (including phenoxy) is 1. The Labute approximate surface area is 152 Å². The molecule has 142 valence electrons. The number of aryl methyl sites for hydroxylation is 2. The van der Waals surface area contributed by atoms with Crippen LogP contribution in [0.3, 0.4) is 0 Å². The van der Waals surface area contributed by atoms with Crippen molar-refractivity contribution in [2.45, 2.75) is 78.1 Å². The highest BCUT2D eigenvalue weighted by Gasteiger charge is 2.25. The summed E-state index contributed by atoms with van der Waals surface area (Å²) in [4.78, 5) is 11.7. The fraction of sp³-hybridized carbons (Fsp3) is 0.667. The Hall–Kier alpha value is -1.55. The summed E-state index contributed by atoms with van der Waals surface area (Å²) in [6.07, 6.45) is 6.16. The van der Waals surface area contributed by atoms with E-state index in [0.717, 1.165) is 36.0 Å². The predicted octanol–water partition coefficient (Wildman–Crippen LogP) is 4.28. The number of rotatable bonds is 11. The van der Waals surface area contributed by atoms with Gasteiger partial charge >= 0.3 is 5.97 Å². The Bertz CT molecular complexity index is 549. The molecule has 0 saturated carbocycles. The monoisotopic (exact) mass is 350 g/mol. The quantitative estimate of drug-likeness (QED) is 0.462. The Balaban J connectivity index is 2.95. The molecule has 0 fully saturated rings. The van der Waals surface area contributed by atoms with Gasteiger partial charge in [-0.05, 0) is 35.8 Å². The van der Waals surface area contributed by atoms with Crippen LogP contribution in [0.25, 0.3) is 0 Å². The van der Waals surface area contributed by atoms with E-state index >= 15 is 0 Å². The van der Waals surface area contributed by atoms with Crippen molar-refractivity contribution in [3.05, 3.63) is 28.8 Å². The van der Waals surface area contributed by atoms with Crippen LogP contribution >= 0.6 is 0 Å². The van der Waals surface area contributed by atoms with Gasteiger partial charge in [0.25, 0.3) is 0 Å². The number of esters is 1. The lowest BCUT2D eigenvalue weighted by Gasteiger charge is -2.28. The van der Waals surface area contributed by atoms with Crippen LogP contribution in [-0.2, 0) is 27.8 Å². The van der Waals surface area contributed by atoms with Gasteiger partial charge in [-0.15, -0.1) is 0 Å². The zero-order valence-electron chi connectivity index (χ0n) is 16.2. The number of aliphatic hydroxyl groups is 1. The number of aromatic hydroxyl groups is 1. The summed E-state index contributed by atoms with van der Waals surface area (Å²) in [5.41, 5.74) is 2.85. The molecule has 1 rings (SSSR count). The maximum atomic E-state index is 11.7. The predicted molar refractivity (Wildman–Crippen MR) is 101 cm³/mol. The second kappa shape index (κ2) is 10.4. The lowest BCUT2D eigenvalue weighted by molar-refractivity contribution is -0.144. The van der Waals surface area contributed by atoms with Crippen LogP contribution in [0.5, 0.6) is 5.75 Å². The molecular formula is C21H34O4. The van der Waals surface area contributed by atoms with E-state index in [0.29, 0.717) is 12.2 Å². The second-order valence-electron chi connectivity index (χ2n) is 7.29. The smallest absolute Gasteiger partial charge is 0.306 e. The number of aliphatic hydroxyl groups excluding tert-OH is 1. The highest BCUT2D eigenvalue weighted by atomic mass is 16.5. The molecule has 0 aliphatic carbocycles. The van der Waals surface area contributed by atoms with Crippen molar-refractivity contribution in [3.63, 3.8) is 0 Å². The SMILES string of the molecule is CCCCCC(C)(C)c1cc(CCC(=O)OCCO)cc(CC)c1O. The van der Waals surface area contributed by atoms with Gasteiger partial charge in [-0.2, -0.15) is 0 Å². The third-order valence-electron chi connectivity index (χ3n) is 4.74. The van der Waals surface area contributed by atoms with E-state index in [-0.39, 0.29) is 31.0 Å². The maximum Gasteiger partial charge on any atom is 0.306 e. The van der Waals surface area contributed by atoms with E-state index in [1.807, 2.05) is 19.1 Å². The molecule has 0 atom stereocenters. The van der Waals surface area contributed by atoms with E-state index in [1.54, 1.807) is 0 Å². The first-order chi connectivity index (χ1) is 11.9. The summed E-state index contributed by atoms with van der Waals surface area (Å²) in [5, 5.41) is 19.4. The van der Waals surface area contributed by atoms with Crippen LogP contribution in [0.2, 0.25) is 0 Å². The summed E-state index contributed by atoms with van der Waals surface area (Å²) in [5.74, 6) is 0.0968. The van der Waals surface area contributed by atoms with Crippen LogP contribution in [0, 0.1) is 0 Å². The molecule has 0 aliphatic heterocycles. The van der Waals surface area contributed by atoms with Crippen molar-refractivity contribution in [3.8, 4) is 5.75 Å². The normalized spacial score (nSPS) is 11.6. The summed E-state index contributed by atoms with van der Waals surface area (Å²) in [6, 6.07) is 4.03. The zero-order valence-corrected chi connectivity index (χ0v) is 16.2. The maximum absolute atomic E-state index is 11.7. The van der Waals surface area contributed by atoms with Crippen LogP contribution in [0.1, 0.15) is 76.5 Å². The van der Waals surface area contributed by atoms with Crippen molar-refractivity contribution in [1.29, 1.82) is 0 Å². The summed E-state index contributed by atoms with van der Waals surface area (Å²) < 4.78 is 4.92. The molecule has 4 nitrogen and oxygen atoms in total. The first kappa shape index (κ1) is 21.5. The molecule has 0 saturated heterocycles. The van der Waals surface area contributed by atoms with Crippen molar-refractivity contribution in [2.75, 3.05) is 13.2 Å². The fourth-order valence-electron chi connectivity index (χ4n) is 3.12. The van der Waals surface area contributed by atoms with Crippen LogP contribution in [-0.4, -0.2) is 29.4 Å². The van der Waals surface area contributed by atoms with Crippen LogP contribution in [0.4, 0.5) is 0 Å². The number of phenolic OH excluding ortho intramolecular Hbond substituents is 1. The van der Waals surface area contributed by atoms with Gasteiger partial charge in [0, 0.05) is 12.0 Å². The largest absolute Gasteiger partial charge is 0.507 e. The third kappa shape index (κ3) is 6.69. The van der Waals surface area contributed by atoms with Gasteiger partial charge in [-0.25, -0.2) is 0 Å². The summed E-state index contributed by atoms with van der Waals surface area (Å²) in [7, 11) is 0. The molecule has 0 aromatic heterocycles. The number of carbonyl (C=O) groups is 1. The number of benzene rings is 1. The van der Waals surface area contributed by atoms with Crippen molar-refractivity contribution < 1.29 is 19.7 Å². The van der Waals surface area contributed by atoms with Gasteiger partial charge in [0.1, 0.15) is 12.4 Å². The lowest BCUT2D eigenvalue weighted by Crippen LogP contribution is -2.18. The van der Waals surface area contributed by atoms with Gasteiger partial charge in [-0.3, -0.25) is 4.79 Å². The Morgan fingerprint density at radius 2 is 1.92 bits per heavy atom. The zero-order chi connectivity index (χ0) is 18.9. The highest BCUT2D eigenvalue weighted by Crippen LogP contribution is 2.38. The Kier molecular flexibility index (Phi) is 8.98. The fourth-order valence-corrected chi connectivity index (χ4v) is 3.12. The van der Waals surface area contributed by atoms with Crippen molar-refractivity contribution in [1.82, 2.24) is 0 Å². The Morgan fingerprint density at radius 1 is 1.20 bits per heavy atom. The second-order valence-corrected chi connectivity index (χ2v) is 7.29. The van der Waals surface area contributed by atoms with Crippen molar-refractivity contribution in [2.24, 2.45) is 0 Å². The van der Waals surface area contributed by atoms with E-state index < -0.39 is 0 Å². The number of phenols is 1. The standard InChI is InChI=1S/C21H34O4/c1-5-7-8-11-21(3,4)18-15-16(14-17(6-2)20(18)24)9-10-19(23)25-13-12-22/h14-15,22,24H,5-13H2,1-4H3. The van der Waals surface area contributed by atoms with Crippen LogP contribution in [0.15, 0.2) is 12.1 Å². The molecule has 0 heterocycles. The molecule has 1 aromatic rings.